The average Bonchev–Trinajstić information content (AvgIpc) is 2.85. The van der Waals surface area contributed by atoms with Gasteiger partial charge in [0.1, 0.15) is 5.82 Å². The van der Waals surface area contributed by atoms with Gasteiger partial charge < -0.3 is 5.32 Å². The zero-order valence-electron chi connectivity index (χ0n) is 12.9. The number of carbonyl (C=O) groups excluding carboxylic acids is 2. The lowest BCUT2D eigenvalue weighted by atomic mass is 10.1. The molecule has 2 aromatic carbocycles. The van der Waals surface area contributed by atoms with Crippen molar-refractivity contribution in [1.29, 1.82) is 0 Å². The van der Waals surface area contributed by atoms with E-state index in [1.54, 1.807) is 36.4 Å². The number of carbonyl (C=O) groups is 2. The Hall–Kier alpha value is -2.24. The summed E-state index contributed by atoms with van der Waals surface area (Å²) in [5.74, 6) is -0.676. The van der Waals surface area contributed by atoms with Gasteiger partial charge in [-0.1, -0.05) is 23.7 Å². The van der Waals surface area contributed by atoms with Crippen molar-refractivity contribution in [2.45, 2.75) is 18.9 Å². The number of nitrogens with two attached hydrogens (primary N) is 1. The Kier molecular flexibility index (Phi) is 4.92. The summed E-state index contributed by atoms with van der Waals surface area (Å²) in [5.41, 5.74) is 1.54. The molecule has 1 saturated heterocycles. The van der Waals surface area contributed by atoms with Gasteiger partial charge in [0, 0.05) is 11.4 Å². The molecule has 0 bridgehead atoms. The Balaban J connectivity index is 1.59. The van der Waals surface area contributed by atoms with Crippen LogP contribution < -0.4 is 10.2 Å². The van der Waals surface area contributed by atoms with E-state index < -0.39 is 6.04 Å². The Morgan fingerprint density at radius 2 is 1.75 bits per heavy atom. The number of benzene rings is 2. The monoisotopic (exact) mass is 347 g/mol. The van der Waals surface area contributed by atoms with Crippen molar-refractivity contribution < 1.29 is 19.3 Å². The molecule has 2 N–H and O–H groups in total. The molecule has 3 rings (SSSR count). The predicted molar refractivity (Wildman–Crippen MR) is 89.2 cm³/mol. The molecule has 0 aliphatic carbocycles. The third-order valence-electron chi connectivity index (χ3n) is 4.06. The Bertz CT molecular complexity index is 747. The molecule has 0 saturated carbocycles. The highest BCUT2D eigenvalue weighted by Crippen LogP contribution is 2.23. The first-order chi connectivity index (χ1) is 11.5. The molecule has 1 unspecified atom stereocenters. The summed E-state index contributed by atoms with van der Waals surface area (Å²) in [5, 5.41) is 2.43. The van der Waals surface area contributed by atoms with Gasteiger partial charge in [0.05, 0.1) is 18.7 Å². The predicted octanol–water partition coefficient (Wildman–Crippen LogP) is 1.92. The fourth-order valence-corrected chi connectivity index (χ4v) is 2.93. The quantitative estimate of drug-likeness (QED) is 0.840. The number of imide groups is 1. The molecule has 0 spiro atoms. The van der Waals surface area contributed by atoms with Crippen molar-refractivity contribution in [2.75, 3.05) is 11.4 Å². The minimum Gasteiger partial charge on any atom is -0.335 e. The minimum absolute atomic E-state index is 0.185. The van der Waals surface area contributed by atoms with Crippen LogP contribution in [0.15, 0.2) is 48.5 Å². The van der Waals surface area contributed by atoms with Crippen LogP contribution in [0.4, 0.5) is 10.1 Å². The maximum atomic E-state index is 12.9. The van der Waals surface area contributed by atoms with Crippen LogP contribution in [0, 0.1) is 5.82 Å². The van der Waals surface area contributed by atoms with Crippen LogP contribution in [0.1, 0.15) is 12.0 Å². The lowest BCUT2D eigenvalue weighted by Crippen LogP contribution is -2.92. The van der Waals surface area contributed by atoms with Crippen LogP contribution in [-0.2, 0) is 16.0 Å². The molecule has 1 fully saturated rings. The smallest absolute Gasteiger partial charge is 0.292 e. The van der Waals surface area contributed by atoms with Crippen LogP contribution in [0.25, 0.3) is 0 Å². The zero-order chi connectivity index (χ0) is 17.1. The van der Waals surface area contributed by atoms with Gasteiger partial charge in [0.2, 0.25) is 5.91 Å². The normalized spacial score (nSPS) is 17.6. The summed E-state index contributed by atoms with van der Waals surface area (Å²) in [6.45, 7) is 0.657. The number of amides is 2. The summed E-state index contributed by atoms with van der Waals surface area (Å²) in [6, 6.07) is 12.5. The van der Waals surface area contributed by atoms with E-state index in [0.29, 0.717) is 23.7 Å². The van der Waals surface area contributed by atoms with Gasteiger partial charge in [0.15, 0.2) is 6.04 Å². The second-order valence-corrected chi connectivity index (χ2v) is 6.19. The molecule has 1 aliphatic rings. The van der Waals surface area contributed by atoms with E-state index in [0.717, 1.165) is 5.56 Å². The van der Waals surface area contributed by atoms with E-state index in [1.165, 1.54) is 17.0 Å². The number of anilines is 1. The summed E-state index contributed by atoms with van der Waals surface area (Å²) < 4.78 is 12.9. The highest BCUT2D eigenvalue weighted by atomic mass is 35.5. The second-order valence-electron chi connectivity index (χ2n) is 5.76. The highest BCUT2D eigenvalue weighted by molar-refractivity contribution is 6.30. The van der Waals surface area contributed by atoms with E-state index in [2.05, 4.69) is 0 Å². The first-order valence-electron chi connectivity index (χ1n) is 7.75. The molecule has 0 aromatic heterocycles. The van der Waals surface area contributed by atoms with Crippen LogP contribution in [0.5, 0.6) is 0 Å². The molecular formula is C18H17ClFN2O2+. The SMILES string of the molecule is O=C1CC([NH2+]CCc2ccc(F)cc2)C(=O)N1c1ccc(Cl)cc1. The summed E-state index contributed by atoms with van der Waals surface area (Å²) >= 11 is 5.84. The lowest BCUT2D eigenvalue weighted by Gasteiger charge is -2.14. The molecular weight excluding hydrogens is 331 g/mol. The maximum absolute atomic E-state index is 12.9. The molecule has 124 valence electrons. The van der Waals surface area contributed by atoms with Crippen molar-refractivity contribution in [1.82, 2.24) is 0 Å². The van der Waals surface area contributed by atoms with E-state index in [1.807, 2.05) is 5.32 Å². The number of quaternary nitrogens is 1. The van der Waals surface area contributed by atoms with Crippen molar-refractivity contribution in [2.24, 2.45) is 0 Å². The maximum Gasteiger partial charge on any atom is 0.292 e. The average molecular weight is 348 g/mol. The molecule has 1 heterocycles. The zero-order valence-corrected chi connectivity index (χ0v) is 13.7. The Morgan fingerprint density at radius 3 is 2.42 bits per heavy atom. The van der Waals surface area contributed by atoms with E-state index in [9.17, 15) is 14.0 Å². The summed E-state index contributed by atoms with van der Waals surface area (Å²) in [4.78, 5) is 25.9. The number of nitrogens with zero attached hydrogens (tertiary/aromatic N) is 1. The standard InChI is InChI=1S/C18H16ClFN2O2/c19-13-3-7-15(8-4-13)22-17(23)11-16(18(22)24)21-10-9-12-1-5-14(20)6-2-12/h1-8,16,21H,9-11H2/p+1. The topological polar surface area (TPSA) is 54.0 Å². The van der Waals surface area contributed by atoms with Gasteiger partial charge in [-0.2, -0.15) is 0 Å². The van der Waals surface area contributed by atoms with Gasteiger partial charge in [-0.05, 0) is 42.0 Å². The fraction of sp³-hybridized carbons (Fsp3) is 0.222. The molecule has 1 atom stereocenters. The largest absolute Gasteiger partial charge is 0.335 e. The molecule has 1 aliphatic heterocycles. The van der Waals surface area contributed by atoms with Gasteiger partial charge in [-0.3, -0.25) is 9.59 Å². The second kappa shape index (κ2) is 7.11. The number of hydrogen-bond acceptors (Lipinski definition) is 2. The fourth-order valence-electron chi connectivity index (χ4n) is 2.80. The molecule has 24 heavy (non-hydrogen) atoms. The van der Waals surface area contributed by atoms with Crippen LogP contribution in [-0.4, -0.2) is 24.4 Å². The van der Waals surface area contributed by atoms with E-state index >= 15 is 0 Å². The van der Waals surface area contributed by atoms with Crippen LogP contribution in [0.3, 0.4) is 0 Å². The number of halogens is 2. The molecule has 0 radical (unpaired) electrons. The van der Waals surface area contributed by atoms with Crippen molar-refractivity contribution in [3.63, 3.8) is 0 Å². The number of rotatable bonds is 5. The van der Waals surface area contributed by atoms with Crippen molar-refractivity contribution in [3.8, 4) is 0 Å². The third kappa shape index (κ3) is 3.63. The number of hydrogen-bond donors (Lipinski definition) is 1. The summed E-state index contributed by atoms with van der Waals surface area (Å²) in [6.07, 6.45) is 0.893. The first-order valence-corrected chi connectivity index (χ1v) is 8.12. The first kappa shape index (κ1) is 16.6. The third-order valence-corrected chi connectivity index (χ3v) is 4.32. The molecule has 4 nitrogen and oxygen atoms in total. The highest BCUT2D eigenvalue weighted by Gasteiger charge is 2.41. The Labute approximate surface area is 144 Å². The van der Waals surface area contributed by atoms with E-state index in [4.69, 9.17) is 11.6 Å². The van der Waals surface area contributed by atoms with Gasteiger partial charge in [-0.25, -0.2) is 9.29 Å². The van der Waals surface area contributed by atoms with Crippen molar-refractivity contribution in [3.05, 3.63) is 64.9 Å². The Morgan fingerprint density at radius 1 is 1.08 bits per heavy atom. The van der Waals surface area contributed by atoms with Gasteiger partial charge in [-0.15, -0.1) is 0 Å². The van der Waals surface area contributed by atoms with E-state index in [-0.39, 0.29) is 24.1 Å². The minimum atomic E-state index is -0.409. The molecule has 2 amide bonds. The van der Waals surface area contributed by atoms with Crippen LogP contribution in [0.2, 0.25) is 5.02 Å². The molecule has 6 heteroatoms. The van der Waals surface area contributed by atoms with Crippen LogP contribution >= 0.6 is 11.6 Å². The van der Waals surface area contributed by atoms with Crippen molar-refractivity contribution >= 4 is 29.1 Å². The lowest BCUT2D eigenvalue weighted by molar-refractivity contribution is -0.674. The summed E-state index contributed by atoms with van der Waals surface area (Å²) in [7, 11) is 0. The molecule has 2 aromatic rings. The van der Waals surface area contributed by atoms with Gasteiger partial charge in [0.25, 0.3) is 5.91 Å². The van der Waals surface area contributed by atoms with Gasteiger partial charge >= 0.3 is 0 Å².